The van der Waals surface area contributed by atoms with Crippen LogP contribution in [-0.2, 0) is 0 Å². The highest BCUT2D eigenvalue weighted by Crippen LogP contribution is 2.27. The molecule has 1 unspecified atom stereocenters. The molecule has 1 atom stereocenters. The van der Waals surface area contributed by atoms with E-state index in [-0.39, 0.29) is 5.56 Å². The second kappa shape index (κ2) is 4.31. The lowest BCUT2D eigenvalue weighted by Crippen LogP contribution is -2.14. The first-order valence-electron chi connectivity index (χ1n) is 4.84. The molecule has 0 spiro atoms. The van der Waals surface area contributed by atoms with Gasteiger partial charge in [-0.3, -0.25) is 0 Å². The fourth-order valence-corrected chi connectivity index (χ4v) is 2.34. The van der Waals surface area contributed by atoms with Crippen molar-refractivity contribution in [2.45, 2.75) is 13.0 Å². The van der Waals surface area contributed by atoms with Gasteiger partial charge in [0.15, 0.2) is 0 Å². The Bertz CT molecular complexity index is 487. The molecule has 84 valence electrons. The van der Waals surface area contributed by atoms with Crippen LogP contribution in [0.4, 0.5) is 8.78 Å². The zero-order chi connectivity index (χ0) is 11.7. The van der Waals surface area contributed by atoms with Gasteiger partial charge in [-0.05, 0) is 36.1 Å². The lowest BCUT2D eigenvalue weighted by atomic mass is 10.0. The number of benzene rings is 1. The van der Waals surface area contributed by atoms with Gasteiger partial charge < -0.3 is 5.73 Å². The van der Waals surface area contributed by atoms with Gasteiger partial charge in [-0.1, -0.05) is 6.07 Å². The summed E-state index contributed by atoms with van der Waals surface area (Å²) in [6.45, 7) is 1.93. The van der Waals surface area contributed by atoms with E-state index in [1.807, 2.05) is 18.4 Å². The standard InChI is InChI=1S/C12H11F2NS/c1-7-5-8(6-16-7)12(15)11-9(13)3-2-4-10(11)14/h2-6,12H,15H2,1H3. The predicted octanol–water partition coefficient (Wildman–Crippen LogP) is 3.38. The van der Waals surface area contributed by atoms with Gasteiger partial charge in [0.2, 0.25) is 0 Å². The highest BCUT2D eigenvalue weighted by molar-refractivity contribution is 7.10. The fourth-order valence-electron chi connectivity index (χ4n) is 1.60. The van der Waals surface area contributed by atoms with Crippen molar-refractivity contribution in [1.29, 1.82) is 0 Å². The number of aryl methyl sites for hydroxylation is 1. The quantitative estimate of drug-likeness (QED) is 0.854. The number of nitrogens with two attached hydrogens (primary N) is 1. The Morgan fingerprint density at radius 1 is 1.25 bits per heavy atom. The number of rotatable bonds is 2. The van der Waals surface area contributed by atoms with E-state index < -0.39 is 17.7 Å². The molecule has 2 N–H and O–H groups in total. The molecule has 0 fully saturated rings. The molecule has 0 saturated heterocycles. The van der Waals surface area contributed by atoms with Crippen LogP contribution < -0.4 is 5.73 Å². The van der Waals surface area contributed by atoms with Crippen LogP contribution in [0.3, 0.4) is 0 Å². The van der Waals surface area contributed by atoms with Gasteiger partial charge in [-0.25, -0.2) is 8.78 Å². The Morgan fingerprint density at radius 2 is 1.88 bits per heavy atom. The molecule has 0 aliphatic rings. The average molecular weight is 239 g/mol. The van der Waals surface area contributed by atoms with Crippen LogP contribution in [0.5, 0.6) is 0 Å². The number of hydrogen-bond acceptors (Lipinski definition) is 2. The smallest absolute Gasteiger partial charge is 0.131 e. The van der Waals surface area contributed by atoms with Crippen molar-refractivity contribution in [2.75, 3.05) is 0 Å². The van der Waals surface area contributed by atoms with Crippen LogP contribution in [0.25, 0.3) is 0 Å². The van der Waals surface area contributed by atoms with Crippen molar-refractivity contribution >= 4 is 11.3 Å². The summed E-state index contributed by atoms with van der Waals surface area (Å²) in [5.74, 6) is -1.20. The summed E-state index contributed by atoms with van der Waals surface area (Å²) >= 11 is 1.51. The minimum Gasteiger partial charge on any atom is -0.320 e. The lowest BCUT2D eigenvalue weighted by Gasteiger charge is -2.12. The Hall–Kier alpha value is -1.26. The molecule has 1 aromatic heterocycles. The minimum atomic E-state index is -0.744. The normalized spacial score (nSPS) is 12.8. The molecule has 0 saturated carbocycles. The van der Waals surface area contributed by atoms with E-state index in [1.54, 1.807) is 0 Å². The summed E-state index contributed by atoms with van der Waals surface area (Å²) in [5, 5.41) is 1.83. The minimum absolute atomic E-state index is 0.0692. The molecular formula is C12H11F2NS. The van der Waals surface area contributed by atoms with Crippen LogP contribution in [0.1, 0.15) is 22.0 Å². The van der Waals surface area contributed by atoms with Gasteiger partial charge in [0, 0.05) is 10.4 Å². The summed E-state index contributed by atoms with van der Waals surface area (Å²) in [7, 11) is 0. The Kier molecular flexibility index (Phi) is 3.03. The van der Waals surface area contributed by atoms with Crippen molar-refractivity contribution < 1.29 is 8.78 Å². The first-order valence-corrected chi connectivity index (χ1v) is 5.72. The second-order valence-corrected chi connectivity index (χ2v) is 4.72. The van der Waals surface area contributed by atoms with Gasteiger partial charge in [-0.2, -0.15) is 0 Å². The van der Waals surface area contributed by atoms with Gasteiger partial charge in [0.1, 0.15) is 11.6 Å². The first-order chi connectivity index (χ1) is 7.59. The zero-order valence-electron chi connectivity index (χ0n) is 8.71. The number of thiophene rings is 1. The van der Waals surface area contributed by atoms with Gasteiger partial charge >= 0.3 is 0 Å². The van der Waals surface area contributed by atoms with Crippen LogP contribution in [0.15, 0.2) is 29.6 Å². The van der Waals surface area contributed by atoms with Crippen molar-refractivity contribution in [3.05, 3.63) is 57.3 Å². The third-order valence-electron chi connectivity index (χ3n) is 2.42. The van der Waals surface area contributed by atoms with E-state index >= 15 is 0 Å². The highest BCUT2D eigenvalue weighted by atomic mass is 32.1. The summed E-state index contributed by atoms with van der Waals surface area (Å²) < 4.78 is 27.0. The van der Waals surface area contributed by atoms with Crippen molar-refractivity contribution in [3.63, 3.8) is 0 Å². The molecule has 0 aliphatic carbocycles. The van der Waals surface area contributed by atoms with Crippen LogP contribution in [0.2, 0.25) is 0 Å². The van der Waals surface area contributed by atoms with Crippen LogP contribution >= 0.6 is 11.3 Å². The summed E-state index contributed by atoms with van der Waals surface area (Å²) in [4.78, 5) is 1.07. The average Bonchev–Trinajstić information content (AvgIpc) is 2.64. The molecule has 1 heterocycles. The van der Waals surface area contributed by atoms with E-state index in [0.717, 1.165) is 10.4 Å². The van der Waals surface area contributed by atoms with Crippen molar-refractivity contribution in [2.24, 2.45) is 5.73 Å². The van der Waals surface area contributed by atoms with Crippen molar-refractivity contribution in [1.82, 2.24) is 0 Å². The maximum Gasteiger partial charge on any atom is 0.131 e. The third kappa shape index (κ3) is 1.99. The molecule has 0 amide bonds. The fraction of sp³-hybridized carbons (Fsp3) is 0.167. The van der Waals surface area contributed by atoms with Gasteiger partial charge in [-0.15, -0.1) is 11.3 Å². The summed E-state index contributed by atoms with van der Waals surface area (Å²) in [5.41, 5.74) is 6.53. The highest BCUT2D eigenvalue weighted by Gasteiger charge is 2.18. The Morgan fingerprint density at radius 3 is 2.38 bits per heavy atom. The van der Waals surface area contributed by atoms with E-state index in [4.69, 9.17) is 5.73 Å². The maximum absolute atomic E-state index is 13.5. The predicted molar refractivity (Wildman–Crippen MR) is 61.4 cm³/mol. The van der Waals surface area contributed by atoms with E-state index in [2.05, 4.69) is 0 Å². The molecule has 2 rings (SSSR count). The van der Waals surface area contributed by atoms with Gasteiger partial charge in [0.05, 0.1) is 6.04 Å². The Labute approximate surface area is 96.5 Å². The van der Waals surface area contributed by atoms with Crippen LogP contribution in [-0.4, -0.2) is 0 Å². The second-order valence-electron chi connectivity index (χ2n) is 3.60. The summed E-state index contributed by atoms with van der Waals surface area (Å²) in [6.07, 6.45) is 0. The largest absolute Gasteiger partial charge is 0.320 e. The molecule has 0 bridgehead atoms. The Balaban J connectivity index is 2.45. The van der Waals surface area contributed by atoms with Crippen LogP contribution in [0, 0.1) is 18.6 Å². The number of halogens is 2. The molecule has 2 aromatic rings. The molecule has 1 nitrogen and oxygen atoms in total. The van der Waals surface area contributed by atoms with E-state index in [1.165, 1.54) is 29.5 Å². The van der Waals surface area contributed by atoms with E-state index in [0.29, 0.717) is 0 Å². The zero-order valence-corrected chi connectivity index (χ0v) is 9.52. The third-order valence-corrected chi connectivity index (χ3v) is 3.30. The topological polar surface area (TPSA) is 26.0 Å². The monoisotopic (exact) mass is 239 g/mol. The number of hydrogen-bond donors (Lipinski definition) is 1. The first kappa shape index (κ1) is 11.2. The molecule has 4 heteroatoms. The molecule has 16 heavy (non-hydrogen) atoms. The van der Waals surface area contributed by atoms with E-state index in [9.17, 15) is 8.78 Å². The SMILES string of the molecule is Cc1cc(C(N)c2c(F)cccc2F)cs1. The maximum atomic E-state index is 13.5. The summed E-state index contributed by atoms with van der Waals surface area (Å²) in [6, 6.07) is 4.88. The lowest BCUT2D eigenvalue weighted by molar-refractivity contribution is 0.543. The van der Waals surface area contributed by atoms with Gasteiger partial charge in [0.25, 0.3) is 0 Å². The molecule has 0 aliphatic heterocycles. The molecule has 0 radical (unpaired) electrons. The molecular weight excluding hydrogens is 228 g/mol. The van der Waals surface area contributed by atoms with Crippen molar-refractivity contribution in [3.8, 4) is 0 Å². The molecule has 1 aromatic carbocycles.